The molecule has 1 N–H and O–H groups in total. The van der Waals surface area contributed by atoms with Crippen LogP contribution in [-0.2, 0) is 6.42 Å². The molecule has 4 heteroatoms. The minimum atomic E-state index is -0.180. The zero-order valence-corrected chi connectivity index (χ0v) is 18.3. The van der Waals surface area contributed by atoms with Gasteiger partial charge in [-0.05, 0) is 47.2 Å². The molecule has 0 spiro atoms. The van der Waals surface area contributed by atoms with E-state index in [9.17, 15) is 4.39 Å². The second-order valence-corrected chi connectivity index (χ2v) is 7.31. The summed E-state index contributed by atoms with van der Waals surface area (Å²) in [5.74, 6) is -0.0568. The summed E-state index contributed by atoms with van der Waals surface area (Å²) in [5, 5.41) is 4.32. The number of nitrogens with one attached hydrogen (secondary N) is 1. The van der Waals surface area contributed by atoms with Gasteiger partial charge in [0.15, 0.2) is 0 Å². The van der Waals surface area contributed by atoms with Gasteiger partial charge >= 0.3 is 0 Å². The topological polar surface area (TPSA) is 12.0 Å². The summed E-state index contributed by atoms with van der Waals surface area (Å²) in [5.41, 5.74) is 3.93. The Labute approximate surface area is 178 Å². The van der Waals surface area contributed by atoms with Crippen molar-refractivity contribution in [2.45, 2.75) is 33.1 Å². The highest BCUT2D eigenvalue weighted by molar-refractivity contribution is 6.36. The van der Waals surface area contributed by atoms with Crippen molar-refractivity contribution in [2.24, 2.45) is 0 Å². The van der Waals surface area contributed by atoms with Crippen LogP contribution in [0.1, 0.15) is 43.4 Å². The third-order valence-corrected chi connectivity index (χ3v) is 5.04. The van der Waals surface area contributed by atoms with E-state index in [2.05, 4.69) is 25.1 Å². The fourth-order valence-electron chi connectivity index (χ4n) is 2.74. The van der Waals surface area contributed by atoms with Gasteiger partial charge in [0, 0.05) is 28.7 Å². The van der Waals surface area contributed by atoms with Gasteiger partial charge in [-0.25, -0.2) is 4.39 Å². The maximum absolute atomic E-state index is 14.7. The van der Waals surface area contributed by atoms with Crippen LogP contribution in [0.25, 0.3) is 0 Å². The van der Waals surface area contributed by atoms with Gasteiger partial charge in [0.2, 0.25) is 0 Å². The highest BCUT2D eigenvalue weighted by atomic mass is 35.5. The van der Waals surface area contributed by atoms with Gasteiger partial charge in [0.05, 0.1) is 0 Å². The molecule has 28 heavy (non-hydrogen) atoms. The first-order chi connectivity index (χ1) is 13.4. The highest BCUT2D eigenvalue weighted by Crippen LogP contribution is 2.32. The number of halogens is 3. The Morgan fingerprint density at radius 1 is 1.18 bits per heavy atom. The molecular weight excluding hydrogens is 392 g/mol. The van der Waals surface area contributed by atoms with Gasteiger partial charge in [-0.15, -0.1) is 13.2 Å². The van der Waals surface area contributed by atoms with Gasteiger partial charge in [-0.3, -0.25) is 0 Å². The molecule has 0 aliphatic heterocycles. The smallest absolute Gasteiger partial charge is 0.130 e. The second kappa shape index (κ2) is 11.7. The SMILES string of the molecule is C=C.C=C/C(=C\C)CNc1cc(Cl)c(Cc2cccc(C(C)C)c2F)c(Cl)c1. The van der Waals surface area contributed by atoms with Gasteiger partial charge < -0.3 is 5.32 Å². The Bertz CT molecular complexity index is 817. The van der Waals surface area contributed by atoms with Gasteiger partial charge in [0.1, 0.15) is 5.82 Å². The lowest BCUT2D eigenvalue weighted by Crippen LogP contribution is -2.04. The van der Waals surface area contributed by atoms with Crippen molar-refractivity contribution in [1.29, 1.82) is 0 Å². The Morgan fingerprint density at radius 3 is 2.29 bits per heavy atom. The Hall–Kier alpha value is -2.03. The summed E-state index contributed by atoms with van der Waals surface area (Å²) >= 11 is 12.9. The highest BCUT2D eigenvalue weighted by Gasteiger charge is 2.15. The third kappa shape index (κ3) is 6.25. The Balaban J connectivity index is 0.00000190. The van der Waals surface area contributed by atoms with Crippen LogP contribution in [0.3, 0.4) is 0 Å². The fraction of sp³-hybridized carbons (Fsp3) is 0.250. The summed E-state index contributed by atoms with van der Waals surface area (Å²) < 4.78 is 14.7. The third-order valence-electron chi connectivity index (χ3n) is 4.37. The van der Waals surface area contributed by atoms with Crippen molar-refractivity contribution in [2.75, 3.05) is 11.9 Å². The standard InChI is InChI=1S/C22H24Cl2FN.C2H4/c1-5-15(6-2)13-26-17-11-20(23)19(21(24)12-17)10-16-8-7-9-18(14(3)4)22(16)25;1-2/h5-9,11-12,14,26H,1,10,13H2,2-4H3;1-2H2/b15-6+;. The molecule has 2 aromatic rings. The van der Waals surface area contributed by atoms with E-state index in [1.165, 1.54) is 0 Å². The van der Waals surface area contributed by atoms with E-state index in [4.69, 9.17) is 23.2 Å². The molecule has 0 unspecified atom stereocenters. The number of benzene rings is 2. The van der Waals surface area contributed by atoms with Crippen molar-refractivity contribution in [3.05, 3.63) is 100 Å². The van der Waals surface area contributed by atoms with Gasteiger partial charge in [-0.1, -0.05) is 74.0 Å². The molecule has 0 saturated heterocycles. The molecule has 1 nitrogen and oxygen atoms in total. The van der Waals surface area contributed by atoms with Crippen LogP contribution in [0.4, 0.5) is 10.1 Å². The minimum Gasteiger partial charge on any atom is -0.381 e. The molecule has 0 amide bonds. The molecule has 0 aliphatic rings. The molecular formula is C24H28Cl2FN. The first-order valence-electron chi connectivity index (χ1n) is 9.14. The van der Waals surface area contributed by atoms with E-state index in [0.717, 1.165) is 16.8 Å². The van der Waals surface area contributed by atoms with Crippen LogP contribution in [0.2, 0.25) is 10.0 Å². The number of allylic oxidation sites excluding steroid dienone is 1. The largest absolute Gasteiger partial charge is 0.381 e. The number of hydrogen-bond acceptors (Lipinski definition) is 1. The van der Waals surface area contributed by atoms with E-state index in [0.29, 0.717) is 34.1 Å². The number of rotatable bonds is 7. The second-order valence-electron chi connectivity index (χ2n) is 6.49. The maximum Gasteiger partial charge on any atom is 0.130 e. The quantitative estimate of drug-likeness (QED) is 0.352. The summed E-state index contributed by atoms with van der Waals surface area (Å²) in [6.07, 6.45) is 4.15. The zero-order chi connectivity index (χ0) is 21.3. The van der Waals surface area contributed by atoms with Gasteiger partial charge in [0.25, 0.3) is 0 Å². The van der Waals surface area contributed by atoms with Crippen LogP contribution >= 0.6 is 23.2 Å². The van der Waals surface area contributed by atoms with Crippen molar-refractivity contribution in [3.63, 3.8) is 0 Å². The molecule has 2 aromatic carbocycles. The Kier molecular flexibility index (Phi) is 10.1. The predicted molar refractivity (Wildman–Crippen MR) is 123 cm³/mol. The molecule has 150 valence electrons. The monoisotopic (exact) mass is 419 g/mol. The first kappa shape index (κ1) is 24.0. The van der Waals surface area contributed by atoms with E-state index < -0.39 is 0 Å². The van der Waals surface area contributed by atoms with Crippen molar-refractivity contribution >= 4 is 28.9 Å². The van der Waals surface area contributed by atoms with Crippen LogP contribution in [0, 0.1) is 5.82 Å². The molecule has 0 aliphatic carbocycles. The summed E-state index contributed by atoms with van der Waals surface area (Å²) in [7, 11) is 0. The van der Waals surface area contributed by atoms with Crippen LogP contribution in [-0.4, -0.2) is 6.54 Å². The first-order valence-corrected chi connectivity index (χ1v) is 9.89. The lowest BCUT2D eigenvalue weighted by Gasteiger charge is -2.14. The molecule has 0 fully saturated rings. The maximum atomic E-state index is 14.7. The summed E-state index contributed by atoms with van der Waals surface area (Å²) in [6.45, 7) is 16.3. The molecule has 2 rings (SSSR count). The average Bonchev–Trinajstić information content (AvgIpc) is 2.68. The summed E-state index contributed by atoms with van der Waals surface area (Å²) in [4.78, 5) is 0. The van der Waals surface area contributed by atoms with Crippen LogP contribution in [0.5, 0.6) is 0 Å². The van der Waals surface area contributed by atoms with Crippen LogP contribution in [0.15, 0.2) is 67.8 Å². The van der Waals surface area contributed by atoms with E-state index in [1.54, 1.807) is 12.1 Å². The molecule has 0 radical (unpaired) electrons. The van der Waals surface area contributed by atoms with Gasteiger partial charge in [-0.2, -0.15) is 0 Å². The van der Waals surface area contributed by atoms with E-state index >= 15 is 0 Å². The average molecular weight is 420 g/mol. The van der Waals surface area contributed by atoms with E-state index in [1.807, 2.05) is 51.1 Å². The minimum absolute atomic E-state index is 0.123. The molecule has 0 atom stereocenters. The number of anilines is 1. The van der Waals surface area contributed by atoms with Crippen molar-refractivity contribution in [1.82, 2.24) is 0 Å². The van der Waals surface area contributed by atoms with Crippen molar-refractivity contribution in [3.8, 4) is 0 Å². The summed E-state index contributed by atoms with van der Waals surface area (Å²) in [6, 6.07) is 9.12. The van der Waals surface area contributed by atoms with Crippen molar-refractivity contribution < 1.29 is 4.39 Å². The fourth-order valence-corrected chi connectivity index (χ4v) is 3.36. The molecule has 0 saturated carbocycles. The normalized spacial score (nSPS) is 11.0. The lowest BCUT2D eigenvalue weighted by atomic mass is 9.96. The van der Waals surface area contributed by atoms with Crippen LogP contribution < -0.4 is 5.32 Å². The Morgan fingerprint density at radius 2 is 1.79 bits per heavy atom. The predicted octanol–water partition coefficient (Wildman–Crippen LogP) is 8.19. The number of hydrogen-bond donors (Lipinski definition) is 1. The van der Waals surface area contributed by atoms with E-state index in [-0.39, 0.29) is 11.7 Å². The zero-order valence-electron chi connectivity index (χ0n) is 16.8. The molecule has 0 bridgehead atoms. The molecule has 0 aromatic heterocycles. The lowest BCUT2D eigenvalue weighted by molar-refractivity contribution is 0.585. The molecule has 0 heterocycles.